The molecule has 0 aliphatic rings. The molecule has 2 aromatic carbocycles. The van der Waals surface area contributed by atoms with E-state index in [1.165, 1.54) is 32.3 Å². The van der Waals surface area contributed by atoms with Gasteiger partial charge in [0.1, 0.15) is 5.58 Å². The molecule has 0 spiro atoms. The lowest BCUT2D eigenvalue weighted by Crippen LogP contribution is -2.25. The van der Waals surface area contributed by atoms with Crippen molar-refractivity contribution in [1.29, 1.82) is 0 Å². The third-order valence-electron chi connectivity index (χ3n) is 4.37. The minimum Gasteiger partial charge on any atom is -0.422 e. The average Bonchev–Trinajstić information content (AvgIpc) is 2.70. The maximum absolute atomic E-state index is 14.6. The molecule has 0 saturated heterocycles. The molecular weight excluding hydrogens is 463 g/mol. The van der Waals surface area contributed by atoms with Crippen molar-refractivity contribution in [2.45, 2.75) is 11.8 Å². The smallest absolute Gasteiger partial charge is 0.414 e. The van der Waals surface area contributed by atoms with Crippen LogP contribution in [-0.4, -0.2) is 30.0 Å². The van der Waals surface area contributed by atoms with Gasteiger partial charge < -0.3 is 14.1 Å². The van der Waals surface area contributed by atoms with E-state index < -0.39 is 22.5 Å². The third kappa shape index (κ3) is 4.33. The van der Waals surface area contributed by atoms with Gasteiger partial charge in [-0.25, -0.2) is 14.0 Å². The van der Waals surface area contributed by atoms with Crippen molar-refractivity contribution < 1.29 is 23.3 Å². The number of alkyl halides is 1. The zero-order valence-electron chi connectivity index (χ0n) is 16.0. The molecule has 3 aromatic rings. The number of fused-ring (bicyclic) bond motifs is 1. The van der Waals surface area contributed by atoms with E-state index in [0.29, 0.717) is 16.5 Å². The Hall–Kier alpha value is -3.27. The van der Waals surface area contributed by atoms with Crippen LogP contribution in [0.2, 0.25) is 0 Å². The van der Waals surface area contributed by atoms with Gasteiger partial charge in [-0.3, -0.25) is 10.1 Å². The first kappa shape index (κ1) is 21.4. The molecule has 3 rings (SSSR count). The summed E-state index contributed by atoms with van der Waals surface area (Å²) in [5.74, 6) is -1.16. The van der Waals surface area contributed by atoms with Crippen LogP contribution in [0.1, 0.15) is 16.7 Å². The normalized spacial score (nSPS) is 10.8. The topological polar surface area (TPSA) is 103 Å². The van der Waals surface area contributed by atoms with Crippen molar-refractivity contribution in [3.8, 4) is 5.75 Å². The van der Waals surface area contributed by atoms with Crippen LogP contribution < -0.4 is 10.4 Å². The highest BCUT2D eigenvalue weighted by Gasteiger charge is 2.19. The number of hydrogen-bond acceptors (Lipinski definition) is 6. The van der Waals surface area contributed by atoms with E-state index in [1.807, 2.05) is 0 Å². The monoisotopic (exact) mass is 478 g/mol. The first-order valence-electron chi connectivity index (χ1n) is 8.67. The summed E-state index contributed by atoms with van der Waals surface area (Å²) in [6.45, 7) is 0. The maximum Gasteiger partial charge on any atom is 0.414 e. The molecule has 0 bridgehead atoms. The third-order valence-corrected chi connectivity index (χ3v) is 4.93. The Morgan fingerprint density at radius 3 is 2.63 bits per heavy atom. The SMILES string of the molecule is CN(C)C(=O)Oc1cc2oc(=O)c(Cc3cccc([N+](=O)[O-])c3)c(CBr)c2cc1F. The standard InChI is InChI=1S/C20H16BrFN2O6/c1-23(2)20(26)30-18-9-17-13(8-16(18)22)15(10-21)14(19(25)29-17)7-11-4-3-5-12(6-11)24(27)28/h3-6,8-9H,7,10H2,1-2H3. The average molecular weight is 479 g/mol. The fourth-order valence-corrected chi connectivity index (χ4v) is 3.52. The predicted octanol–water partition coefficient (Wildman–Crippen LogP) is 4.39. The number of amides is 1. The van der Waals surface area contributed by atoms with Crippen molar-refractivity contribution in [3.05, 3.63) is 79.4 Å². The van der Waals surface area contributed by atoms with Gasteiger partial charge in [-0.15, -0.1) is 0 Å². The number of ether oxygens (including phenoxy) is 1. The van der Waals surface area contributed by atoms with E-state index in [1.54, 1.807) is 6.07 Å². The second kappa shape index (κ2) is 8.62. The summed E-state index contributed by atoms with van der Waals surface area (Å²) in [7, 11) is 2.90. The van der Waals surface area contributed by atoms with E-state index >= 15 is 0 Å². The highest BCUT2D eigenvalue weighted by Crippen LogP contribution is 2.30. The molecule has 0 aliphatic heterocycles. The zero-order chi connectivity index (χ0) is 22.0. The molecule has 8 nitrogen and oxygen atoms in total. The maximum atomic E-state index is 14.6. The van der Waals surface area contributed by atoms with Crippen LogP contribution in [-0.2, 0) is 11.8 Å². The summed E-state index contributed by atoms with van der Waals surface area (Å²) in [4.78, 5) is 35.9. The fourth-order valence-electron chi connectivity index (χ4n) is 2.88. The van der Waals surface area contributed by atoms with Crippen LogP contribution >= 0.6 is 15.9 Å². The van der Waals surface area contributed by atoms with Crippen molar-refractivity contribution in [1.82, 2.24) is 4.90 Å². The van der Waals surface area contributed by atoms with Gasteiger partial charge in [0.2, 0.25) is 0 Å². The van der Waals surface area contributed by atoms with Gasteiger partial charge in [-0.05, 0) is 17.2 Å². The van der Waals surface area contributed by atoms with Crippen LogP contribution in [0.4, 0.5) is 14.9 Å². The summed E-state index contributed by atoms with van der Waals surface area (Å²) in [6, 6.07) is 8.17. The van der Waals surface area contributed by atoms with Crippen LogP contribution in [0.3, 0.4) is 0 Å². The van der Waals surface area contributed by atoms with Crippen molar-refractivity contribution in [3.63, 3.8) is 0 Å². The Labute approximate surface area is 178 Å². The molecule has 0 atom stereocenters. The molecule has 30 heavy (non-hydrogen) atoms. The summed E-state index contributed by atoms with van der Waals surface area (Å²) < 4.78 is 24.9. The molecule has 1 heterocycles. The van der Waals surface area contributed by atoms with Gasteiger partial charge in [0, 0.05) is 55.0 Å². The Kier molecular flexibility index (Phi) is 6.16. The summed E-state index contributed by atoms with van der Waals surface area (Å²) in [5.41, 5.74) is 0.557. The Morgan fingerprint density at radius 1 is 1.27 bits per heavy atom. The van der Waals surface area contributed by atoms with E-state index in [0.717, 1.165) is 17.0 Å². The van der Waals surface area contributed by atoms with E-state index in [4.69, 9.17) is 9.15 Å². The van der Waals surface area contributed by atoms with Crippen LogP contribution in [0.25, 0.3) is 11.0 Å². The molecule has 10 heteroatoms. The minimum atomic E-state index is -0.796. The van der Waals surface area contributed by atoms with E-state index in [9.17, 15) is 24.1 Å². The number of halogens is 2. The molecule has 0 unspecified atom stereocenters. The second-order valence-electron chi connectivity index (χ2n) is 6.63. The van der Waals surface area contributed by atoms with E-state index in [2.05, 4.69) is 15.9 Å². The highest BCUT2D eigenvalue weighted by molar-refractivity contribution is 9.08. The summed E-state index contributed by atoms with van der Waals surface area (Å²) >= 11 is 3.31. The van der Waals surface area contributed by atoms with Gasteiger partial charge in [-0.1, -0.05) is 28.1 Å². The molecule has 0 saturated carbocycles. The van der Waals surface area contributed by atoms with Gasteiger partial charge in [0.25, 0.3) is 5.69 Å². The van der Waals surface area contributed by atoms with Gasteiger partial charge in [0.15, 0.2) is 11.6 Å². The number of carbonyl (C=O) groups excluding carboxylic acids is 1. The molecule has 156 valence electrons. The van der Waals surface area contributed by atoms with Gasteiger partial charge in [-0.2, -0.15) is 0 Å². The number of non-ortho nitro benzene ring substituents is 1. The predicted molar refractivity (Wildman–Crippen MR) is 111 cm³/mol. The first-order chi connectivity index (χ1) is 14.2. The van der Waals surface area contributed by atoms with Crippen molar-refractivity contribution in [2.75, 3.05) is 14.1 Å². The molecule has 0 radical (unpaired) electrons. The molecule has 1 aromatic heterocycles. The van der Waals surface area contributed by atoms with Crippen LogP contribution in [0.5, 0.6) is 5.75 Å². The van der Waals surface area contributed by atoms with Gasteiger partial charge >= 0.3 is 11.7 Å². The Bertz CT molecular complexity index is 1210. The fraction of sp³-hybridized carbons (Fsp3) is 0.200. The lowest BCUT2D eigenvalue weighted by atomic mass is 9.99. The molecule has 0 fully saturated rings. The molecule has 0 N–H and O–H groups in total. The lowest BCUT2D eigenvalue weighted by molar-refractivity contribution is -0.384. The van der Waals surface area contributed by atoms with Crippen molar-refractivity contribution in [2.24, 2.45) is 0 Å². The van der Waals surface area contributed by atoms with E-state index in [-0.39, 0.29) is 34.3 Å². The largest absolute Gasteiger partial charge is 0.422 e. The van der Waals surface area contributed by atoms with Gasteiger partial charge in [0.05, 0.1) is 4.92 Å². The number of hydrogen-bond donors (Lipinski definition) is 0. The molecule has 0 aliphatic carbocycles. The molecular formula is C20H16BrFN2O6. The number of carbonyl (C=O) groups is 1. The summed E-state index contributed by atoms with van der Waals surface area (Å²) in [6.07, 6.45) is -0.710. The number of nitro groups is 1. The number of nitrogens with zero attached hydrogens (tertiary/aromatic N) is 2. The zero-order valence-corrected chi connectivity index (χ0v) is 17.6. The lowest BCUT2D eigenvalue weighted by Gasteiger charge is -2.13. The second-order valence-corrected chi connectivity index (χ2v) is 7.19. The van der Waals surface area contributed by atoms with Crippen LogP contribution in [0.15, 0.2) is 45.6 Å². The Morgan fingerprint density at radius 2 is 2.00 bits per heavy atom. The quantitative estimate of drug-likeness (QED) is 0.233. The number of rotatable bonds is 5. The first-order valence-corrected chi connectivity index (χ1v) is 9.80. The highest BCUT2D eigenvalue weighted by atomic mass is 79.9. The number of nitro benzene ring substituents is 1. The van der Waals surface area contributed by atoms with Crippen LogP contribution in [0, 0.1) is 15.9 Å². The summed E-state index contributed by atoms with van der Waals surface area (Å²) in [5, 5.41) is 11.5. The van der Waals surface area contributed by atoms with Crippen molar-refractivity contribution >= 4 is 38.7 Å². The minimum absolute atomic E-state index is 0.0557. The Balaban J connectivity index is 2.10. The molecule has 1 amide bonds. The number of benzene rings is 2.